The molecule has 0 spiro atoms. The van der Waals surface area contributed by atoms with Gasteiger partial charge in [-0.25, -0.2) is 4.68 Å². The van der Waals surface area contributed by atoms with Crippen molar-refractivity contribution < 1.29 is 12.2 Å². The van der Waals surface area contributed by atoms with Crippen molar-refractivity contribution in [3.63, 3.8) is 0 Å². The normalized spacial score (nSPS) is 21.8. The van der Waals surface area contributed by atoms with E-state index in [1.807, 2.05) is 0 Å². The van der Waals surface area contributed by atoms with Gasteiger partial charge >= 0.3 is 0 Å². The first-order valence-electron chi connectivity index (χ1n) is 4.37. The summed E-state index contributed by atoms with van der Waals surface area (Å²) in [5.41, 5.74) is 0. The largest absolute Gasteiger partial charge is 0.348 e. The molecule has 0 radical (unpaired) electrons. The second-order valence-corrected chi connectivity index (χ2v) is 2.17. The third kappa shape index (κ3) is 1.55. The number of nitrogens with zero attached hydrogens (tertiary/aromatic N) is 3. The Balaban J connectivity index is 2.04. The zero-order valence-corrected chi connectivity index (χ0v) is 5.86. The lowest BCUT2D eigenvalue weighted by Gasteiger charge is -2.06. The number of ether oxygens (including phenoxy) is 2. The maximum absolute atomic E-state index is 7.38. The lowest BCUT2D eigenvalue weighted by molar-refractivity contribution is -0.0548. The van der Waals surface area contributed by atoms with E-state index >= 15 is 0 Å². The molecule has 0 bridgehead atoms. The van der Waals surface area contributed by atoms with Crippen molar-refractivity contribution >= 4 is 0 Å². The standard InChI is InChI=1S/C6H9N3O2/c1-2-9(8-7-1)5-6-10-3-4-11-6/h1-2,6H,3-5H2/i1D,2D. The molecule has 1 aromatic heterocycles. The molecule has 0 amide bonds. The topological polar surface area (TPSA) is 49.2 Å². The zero-order chi connectivity index (χ0) is 9.26. The molecule has 1 aliphatic rings. The van der Waals surface area contributed by atoms with Crippen LogP contribution in [0.2, 0.25) is 0 Å². The summed E-state index contributed by atoms with van der Waals surface area (Å²) < 4.78 is 26.2. The molecule has 60 valence electrons. The Morgan fingerprint density at radius 1 is 1.64 bits per heavy atom. The summed E-state index contributed by atoms with van der Waals surface area (Å²) in [5.74, 6) is 0. The SMILES string of the molecule is [2H]c1nnn(CC2OCCO2)c1[2H]. The van der Waals surface area contributed by atoms with E-state index in [9.17, 15) is 0 Å². The Morgan fingerprint density at radius 3 is 3.09 bits per heavy atom. The average Bonchev–Trinajstić information content (AvgIpc) is 2.71. The number of rotatable bonds is 2. The summed E-state index contributed by atoms with van der Waals surface area (Å²) in [6.45, 7) is 1.46. The van der Waals surface area contributed by atoms with Crippen molar-refractivity contribution in [1.82, 2.24) is 15.0 Å². The van der Waals surface area contributed by atoms with E-state index in [4.69, 9.17) is 12.2 Å². The van der Waals surface area contributed by atoms with Gasteiger partial charge in [0, 0.05) is 6.17 Å². The summed E-state index contributed by atoms with van der Waals surface area (Å²) in [5, 5.41) is 7.05. The first-order valence-corrected chi connectivity index (χ1v) is 3.37. The summed E-state index contributed by atoms with van der Waals surface area (Å²) >= 11 is 0. The van der Waals surface area contributed by atoms with E-state index in [1.165, 1.54) is 4.68 Å². The highest BCUT2D eigenvalue weighted by atomic mass is 16.7. The molecule has 0 N–H and O–H groups in total. The smallest absolute Gasteiger partial charge is 0.177 e. The van der Waals surface area contributed by atoms with Gasteiger partial charge in [0.15, 0.2) is 6.29 Å². The minimum absolute atomic E-state index is 0.0147. The molecule has 2 rings (SSSR count). The number of aromatic nitrogens is 3. The minimum Gasteiger partial charge on any atom is -0.348 e. The van der Waals surface area contributed by atoms with Crippen molar-refractivity contribution in [3.8, 4) is 0 Å². The Morgan fingerprint density at radius 2 is 2.45 bits per heavy atom. The van der Waals surface area contributed by atoms with E-state index < -0.39 is 0 Å². The Hall–Kier alpha value is -0.940. The second kappa shape index (κ2) is 2.98. The van der Waals surface area contributed by atoms with Crippen molar-refractivity contribution in [1.29, 1.82) is 0 Å². The van der Waals surface area contributed by atoms with Crippen LogP contribution < -0.4 is 0 Å². The second-order valence-electron chi connectivity index (χ2n) is 2.17. The predicted molar refractivity (Wildman–Crippen MR) is 35.7 cm³/mol. The van der Waals surface area contributed by atoms with Crippen LogP contribution in [0.25, 0.3) is 0 Å². The van der Waals surface area contributed by atoms with Crippen LogP contribution >= 0.6 is 0 Å². The molecule has 5 nitrogen and oxygen atoms in total. The van der Waals surface area contributed by atoms with Crippen molar-refractivity contribution in [2.24, 2.45) is 0 Å². The van der Waals surface area contributed by atoms with Gasteiger partial charge in [-0.2, -0.15) is 0 Å². The van der Waals surface area contributed by atoms with Gasteiger partial charge in [-0.3, -0.25) is 0 Å². The third-order valence-corrected chi connectivity index (χ3v) is 1.39. The van der Waals surface area contributed by atoms with Gasteiger partial charge < -0.3 is 9.47 Å². The predicted octanol–water partition coefficient (Wildman–Crippen LogP) is -0.349. The van der Waals surface area contributed by atoms with Gasteiger partial charge in [0.05, 0.1) is 28.7 Å². The third-order valence-electron chi connectivity index (χ3n) is 1.39. The molecular formula is C6H9N3O2. The fourth-order valence-electron chi connectivity index (χ4n) is 0.915. The molecule has 1 aliphatic heterocycles. The fraction of sp³-hybridized carbons (Fsp3) is 0.667. The van der Waals surface area contributed by atoms with Crippen LogP contribution in [0.1, 0.15) is 2.74 Å². The molecule has 0 aromatic carbocycles. The Bertz CT molecular complexity index is 298. The highest BCUT2D eigenvalue weighted by molar-refractivity contribution is 4.65. The molecule has 0 unspecified atom stereocenters. The van der Waals surface area contributed by atoms with Crippen LogP contribution in [0.4, 0.5) is 0 Å². The van der Waals surface area contributed by atoms with Gasteiger partial charge in [0.2, 0.25) is 0 Å². The zero-order valence-electron chi connectivity index (χ0n) is 7.86. The van der Waals surface area contributed by atoms with E-state index in [2.05, 4.69) is 10.3 Å². The maximum Gasteiger partial charge on any atom is 0.177 e. The van der Waals surface area contributed by atoms with E-state index in [0.29, 0.717) is 19.8 Å². The van der Waals surface area contributed by atoms with E-state index in [1.54, 1.807) is 0 Å². The average molecular weight is 157 g/mol. The monoisotopic (exact) mass is 157 g/mol. The molecular weight excluding hydrogens is 146 g/mol. The molecule has 0 aliphatic carbocycles. The first-order chi connectivity index (χ1) is 6.27. The number of hydrogen-bond donors (Lipinski definition) is 0. The molecule has 1 saturated heterocycles. The van der Waals surface area contributed by atoms with Crippen LogP contribution in [-0.4, -0.2) is 34.5 Å². The van der Waals surface area contributed by atoms with Crippen molar-refractivity contribution in [2.75, 3.05) is 13.2 Å². The molecule has 0 saturated carbocycles. The van der Waals surface area contributed by atoms with Crippen LogP contribution in [0.5, 0.6) is 0 Å². The van der Waals surface area contributed by atoms with Gasteiger partial charge in [0.1, 0.15) is 0 Å². The summed E-state index contributed by atoms with van der Waals surface area (Å²) in [4.78, 5) is 0. The van der Waals surface area contributed by atoms with Gasteiger partial charge in [-0.1, -0.05) is 5.21 Å². The van der Waals surface area contributed by atoms with Gasteiger partial charge in [-0.15, -0.1) is 5.10 Å². The maximum atomic E-state index is 7.38. The minimum atomic E-state index is -0.356. The molecule has 5 heteroatoms. The van der Waals surface area contributed by atoms with Crippen LogP contribution in [0.15, 0.2) is 12.3 Å². The van der Waals surface area contributed by atoms with Crippen molar-refractivity contribution in [2.45, 2.75) is 12.8 Å². The van der Waals surface area contributed by atoms with Gasteiger partial charge in [-0.05, 0) is 0 Å². The fourth-order valence-corrected chi connectivity index (χ4v) is 0.915. The van der Waals surface area contributed by atoms with Crippen LogP contribution in [0, 0.1) is 0 Å². The lowest BCUT2D eigenvalue weighted by atomic mass is 10.6. The molecule has 2 heterocycles. The van der Waals surface area contributed by atoms with Crippen molar-refractivity contribution in [3.05, 3.63) is 12.3 Å². The quantitative estimate of drug-likeness (QED) is 0.588. The Kier molecular flexibility index (Phi) is 1.31. The highest BCUT2D eigenvalue weighted by Gasteiger charge is 2.16. The van der Waals surface area contributed by atoms with Crippen LogP contribution in [-0.2, 0) is 16.0 Å². The first kappa shape index (κ1) is 4.84. The Labute approximate surface area is 66.7 Å². The molecule has 1 fully saturated rings. The van der Waals surface area contributed by atoms with E-state index in [0.717, 1.165) is 0 Å². The summed E-state index contributed by atoms with van der Waals surface area (Å²) in [6, 6.07) is 0. The summed E-state index contributed by atoms with van der Waals surface area (Å²) in [6.07, 6.45) is -0.498. The molecule has 0 atom stereocenters. The van der Waals surface area contributed by atoms with Crippen LogP contribution in [0.3, 0.4) is 0 Å². The number of hydrogen-bond acceptors (Lipinski definition) is 4. The molecule has 11 heavy (non-hydrogen) atoms. The van der Waals surface area contributed by atoms with E-state index in [-0.39, 0.29) is 18.6 Å². The summed E-state index contributed by atoms with van der Waals surface area (Å²) in [7, 11) is 0. The lowest BCUT2D eigenvalue weighted by Crippen LogP contribution is -2.17. The molecule has 1 aromatic rings. The highest BCUT2D eigenvalue weighted by Crippen LogP contribution is 2.04. The van der Waals surface area contributed by atoms with Gasteiger partial charge in [0.25, 0.3) is 0 Å².